The summed E-state index contributed by atoms with van der Waals surface area (Å²) in [5.74, 6) is -1.51. The molecule has 12 nitrogen and oxygen atoms in total. The molecule has 13 heteroatoms. The highest BCUT2D eigenvalue weighted by Gasteiger charge is 2.22. The summed E-state index contributed by atoms with van der Waals surface area (Å²) in [5, 5.41) is 22.8. The fourth-order valence-electron chi connectivity index (χ4n) is 4.15. The minimum absolute atomic E-state index is 0.0242. The van der Waals surface area contributed by atoms with Crippen molar-refractivity contribution in [2.24, 2.45) is 5.73 Å². The van der Waals surface area contributed by atoms with Gasteiger partial charge in [0, 0.05) is 30.5 Å². The molecule has 4 heterocycles. The van der Waals surface area contributed by atoms with Crippen LogP contribution < -0.4 is 21.7 Å². The molecule has 4 aromatic heterocycles. The lowest BCUT2D eigenvalue weighted by Crippen LogP contribution is -2.33. The number of aromatic carboxylic acids is 1. The highest BCUT2D eigenvalue weighted by atomic mass is 19.1. The van der Waals surface area contributed by atoms with Gasteiger partial charge in [-0.25, -0.2) is 23.7 Å². The minimum Gasteiger partial charge on any atom is -0.478 e. The Bertz CT molecular complexity index is 1450. The lowest BCUT2D eigenvalue weighted by molar-refractivity contribution is 0.0696. The van der Waals surface area contributed by atoms with Crippen molar-refractivity contribution in [3.05, 3.63) is 66.1 Å². The number of fused-ring (bicyclic) bond motifs is 1. The SMILES string of the molecule is N[C@H]1CC[C@H](Nc2cc(Nc3ccc(C(=O)O)cn3)c3ncc(C(=O)Nc4ccncc4F)n3n2)CC1. The Morgan fingerprint density at radius 3 is 2.54 bits per heavy atom. The highest BCUT2D eigenvalue weighted by molar-refractivity contribution is 6.03. The van der Waals surface area contributed by atoms with Crippen LogP contribution in [0.1, 0.15) is 46.5 Å². The van der Waals surface area contributed by atoms with E-state index in [1.807, 2.05) is 0 Å². The standard InChI is InChI=1S/C24H24FN9O3/c25-16-11-27-8-7-17(16)32-23(35)19-12-29-22-18(31-20-6-1-13(10-28-20)24(36)37)9-21(33-34(19)22)30-15-4-2-14(26)3-5-15/h1,6-12,14-15H,2-5,26H2,(H,28,31)(H,30,33)(H,36,37)(H,27,32,35)/t14-,15-. The van der Waals surface area contributed by atoms with E-state index in [9.17, 15) is 14.0 Å². The molecule has 1 aliphatic rings. The van der Waals surface area contributed by atoms with Gasteiger partial charge < -0.3 is 26.8 Å². The Labute approximate surface area is 210 Å². The van der Waals surface area contributed by atoms with Crippen molar-refractivity contribution >= 4 is 40.5 Å². The Morgan fingerprint density at radius 2 is 1.84 bits per heavy atom. The summed E-state index contributed by atoms with van der Waals surface area (Å²) >= 11 is 0. The first kappa shape index (κ1) is 24.1. The van der Waals surface area contributed by atoms with Gasteiger partial charge in [0.05, 0.1) is 29.3 Å². The Morgan fingerprint density at radius 1 is 1.03 bits per heavy atom. The average molecular weight is 506 g/mol. The summed E-state index contributed by atoms with van der Waals surface area (Å²) in [5.41, 5.74) is 6.94. The van der Waals surface area contributed by atoms with Gasteiger partial charge in [-0.3, -0.25) is 9.78 Å². The van der Waals surface area contributed by atoms with Gasteiger partial charge in [-0.15, -0.1) is 5.10 Å². The first-order valence-corrected chi connectivity index (χ1v) is 11.7. The van der Waals surface area contributed by atoms with Crippen molar-refractivity contribution < 1.29 is 19.1 Å². The summed E-state index contributed by atoms with van der Waals surface area (Å²) in [6, 6.07) is 6.38. The molecule has 6 N–H and O–H groups in total. The topological polar surface area (TPSA) is 172 Å². The number of hydrogen-bond acceptors (Lipinski definition) is 9. The largest absolute Gasteiger partial charge is 0.478 e. The van der Waals surface area contributed by atoms with Crippen molar-refractivity contribution in [3.8, 4) is 0 Å². The number of halogens is 1. The van der Waals surface area contributed by atoms with Crippen LogP contribution in [0.5, 0.6) is 0 Å². The molecule has 1 fully saturated rings. The van der Waals surface area contributed by atoms with Crippen LogP contribution in [0.15, 0.2) is 49.1 Å². The average Bonchev–Trinajstić information content (AvgIpc) is 3.32. The molecule has 5 rings (SSSR count). The first-order valence-electron chi connectivity index (χ1n) is 11.7. The third-order valence-electron chi connectivity index (χ3n) is 6.12. The molecule has 0 unspecified atom stereocenters. The molecule has 1 saturated carbocycles. The van der Waals surface area contributed by atoms with Gasteiger partial charge in [0.15, 0.2) is 17.2 Å². The van der Waals surface area contributed by atoms with Gasteiger partial charge in [-0.05, 0) is 43.9 Å². The second-order valence-electron chi connectivity index (χ2n) is 8.75. The zero-order valence-corrected chi connectivity index (χ0v) is 19.6. The first-order chi connectivity index (χ1) is 17.9. The normalized spacial score (nSPS) is 17.4. The van der Waals surface area contributed by atoms with Crippen LogP contribution in [0.25, 0.3) is 5.65 Å². The van der Waals surface area contributed by atoms with Gasteiger partial charge in [0.2, 0.25) is 0 Å². The number of nitrogens with one attached hydrogen (secondary N) is 3. The van der Waals surface area contributed by atoms with E-state index in [0.29, 0.717) is 23.0 Å². The predicted octanol–water partition coefficient (Wildman–Crippen LogP) is 3.03. The van der Waals surface area contributed by atoms with Crippen molar-refractivity contribution in [1.29, 1.82) is 0 Å². The van der Waals surface area contributed by atoms with Crippen molar-refractivity contribution in [1.82, 2.24) is 24.6 Å². The molecule has 0 bridgehead atoms. The molecule has 0 aromatic carbocycles. The van der Waals surface area contributed by atoms with Crippen LogP contribution in [-0.4, -0.2) is 53.6 Å². The molecule has 0 saturated heterocycles. The number of carboxylic acid groups (broad SMARTS) is 1. The lowest BCUT2D eigenvalue weighted by atomic mass is 9.92. The number of nitrogens with two attached hydrogens (primary N) is 1. The summed E-state index contributed by atoms with van der Waals surface area (Å²) in [4.78, 5) is 36.4. The number of rotatable bonds is 7. The number of aromatic nitrogens is 5. The van der Waals surface area contributed by atoms with E-state index >= 15 is 0 Å². The van der Waals surface area contributed by atoms with Gasteiger partial charge >= 0.3 is 5.97 Å². The summed E-state index contributed by atoms with van der Waals surface area (Å²) in [7, 11) is 0. The van der Waals surface area contributed by atoms with Crippen LogP contribution in [0.4, 0.5) is 27.4 Å². The second kappa shape index (κ2) is 10.1. The third-order valence-corrected chi connectivity index (χ3v) is 6.12. The molecule has 37 heavy (non-hydrogen) atoms. The van der Waals surface area contributed by atoms with Crippen LogP contribution in [-0.2, 0) is 0 Å². The molecule has 1 aliphatic carbocycles. The van der Waals surface area contributed by atoms with Gasteiger partial charge in [0.25, 0.3) is 5.91 Å². The molecule has 0 atom stereocenters. The van der Waals surface area contributed by atoms with Crippen LogP contribution in [0, 0.1) is 5.82 Å². The number of hydrogen-bond donors (Lipinski definition) is 5. The van der Waals surface area contributed by atoms with Crippen molar-refractivity contribution in [2.75, 3.05) is 16.0 Å². The maximum Gasteiger partial charge on any atom is 0.337 e. The molecule has 1 amide bonds. The van der Waals surface area contributed by atoms with Crippen molar-refractivity contribution in [3.63, 3.8) is 0 Å². The van der Waals surface area contributed by atoms with Gasteiger partial charge in [0.1, 0.15) is 11.6 Å². The molecule has 4 aromatic rings. The zero-order valence-electron chi connectivity index (χ0n) is 19.6. The van der Waals surface area contributed by atoms with E-state index in [1.165, 1.54) is 41.3 Å². The van der Waals surface area contributed by atoms with Gasteiger partial charge in [-0.2, -0.15) is 0 Å². The zero-order chi connectivity index (χ0) is 25.9. The minimum atomic E-state index is -1.08. The molecule has 0 radical (unpaired) electrons. The summed E-state index contributed by atoms with van der Waals surface area (Å²) in [6.07, 6.45) is 8.48. The van der Waals surface area contributed by atoms with Crippen LogP contribution in [0.2, 0.25) is 0 Å². The Balaban J connectivity index is 1.49. The highest BCUT2D eigenvalue weighted by Crippen LogP contribution is 2.27. The molecular weight excluding hydrogens is 481 g/mol. The van der Waals surface area contributed by atoms with E-state index in [2.05, 4.69) is 36.0 Å². The van der Waals surface area contributed by atoms with Crippen LogP contribution in [0.3, 0.4) is 0 Å². The maximum absolute atomic E-state index is 14.1. The number of amides is 1. The monoisotopic (exact) mass is 505 g/mol. The van der Waals surface area contributed by atoms with Crippen LogP contribution >= 0.6 is 0 Å². The number of pyridine rings is 2. The van der Waals surface area contributed by atoms with E-state index in [0.717, 1.165) is 31.9 Å². The molecule has 0 spiro atoms. The summed E-state index contributed by atoms with van der Waals surface area (Å²) in [6.45, 7) is 0. The van der Waals surface area contributed by atoms with E-state index in [4.69, 9.17) is 10.8 Å². The quantitative estimate of drug-likeness (QED) is 0.251. The van der Waals surface area contributed by atoms with Crippen molar-refractivity contribution in [2.45, 2.75) is 37.8 Å². The van der Waals surface area contributed by atoms with E-state index < -0.39 is 17.7 Å². The second-order valence-corrected chi connectivity index (χ2v) is 8.75. The number of nitrogens with zero attached hydrogens (tertiary/aromatic N) is 5. The Hall–Kier alpha value is -4.65. The lowest BCUT2D eigenvalue weighted by Gasteiger charge is -2.27. The maximum atomic E-state index is 14.1. The molecule has 0 aliphatic heterocycles. The number of anilines is 4. The number of carboxylic acids is 1. The number of imidazole rings is 1. The Kier molecular flexibility index (Phi) is 6.60. The summed E-state index contributed by atoms with van der Waals surface area (Å²) < 4.78 is 15.4. The fraction of sp³-hybridized carbons (Fsp3) is 0.250. The third kappa shape index (κ3) is 5.30. The molecular formula is C24H24FN9O3. The number of carbonyl (C=O) groups is 2. The van der Waals surface area contributed by atoms with E-state index in [1.54, 1.807) is 6.07 Å². The fourth-order valence-corrected chi connectivity index (χ4v) is 4.15. The number of carbonyl (C=O) groups excluding carboxylic acids is 1. The smallest absolute Gasteiger partial charge is 0.337 e. The predicted molar refractivity (Wildman–Crippen MR) is 133 cm³/mol. The van der Waals surface area contributed by atoms with E-state index in [-0.39, 0.29) is 29.0 Å². The molecule has 190 valence electrons. The van der Waals surface area contributed by atoms with Gasteiger partial charge in [-0.1, -0.05) is 0 Å².